The highest BCUT2D eigenvalue weighted by atomic mass is 32.1. The molecule has 1 aliphatic heterocycles. The van der Waals surface area contributed by atoms with Crippen LogP contribution in [0.1, 0.15) is 49.4 Å². The zero-order valence-electron chi connectivity index (χ0n) is 12.4. The highest BCUT2D eigenvalue weighted by Crippen LogP contribution is 2.38. The van der Waals surface area contributed by atoms with E-state index in [1.54, 1.807) is 16.2 Å². The van der Waals surface area contributed by atoms with Crippen molar-refractivity contribution in [3.05, 3.63) is 22.4 Å². The highest BCUT2D eigenvalue weighted by Gasteiger charge is 2.39. The molecule has 5 heteroatoms. The van der Waals surface area contributed by atoms with Crippen LogP contribution in [0.25, 0.3) is 0 Å². The van der Waals surface area contributed by atoms with E-state index in [4.69, 9.17) is 0 Å². The van der Waals surface area contributed by atoms with Gasteiger partial charge in [-0.3, -0.25) is 9.59 Å². The lowest BCUT2D eigenvalue weighted by molar-refractivity contribution is -0.141. The number of hydrogen-bond acceptors (Lipinski definition) is 3. The lowest BCUT2D eigenvalue weighted by Gasteiger charge is -2.38. The second-order valence-corrected chi connectivity index (χ2v) is 7.08. The van der Waals surface area contributed by atoms with E-state index < -0.39 is 0 Å². The number of carbonyl (C=O) groups is 2. The van der Waals surface area contributed by atoms with E-state index in [-0.39, 0.29) is 23.8 Å². The maximum Gasteiger partial charge on any atom is 0.225 e. The van der Waals surface area contributed by atoms with E-state index in [1.807, 2.05) is 24.6 Å². The summed E-state index contributed by atoms with van der Waals surface area (Å²) in [6.45, 7) is 0. The molecule has 1 aromatic heterocycles. The van der Waals surface area contributed by atoms with E-state index in [1.165, 1.54) is 12.8 Å². The molecule has 4 nitrogen and oxygen atoms in total. The molecule has 1 aromatic rings. The van der Waals surface area contributed by atoms with E-state index in [2.05, 4.69) is 5.32 Å². The molecule has 2 amide bonds. The Morgan fingerprint density at radius 3 is 2.76 bits per heavy atom. The van der Waals surface area contributed by atoms with Gasteiger partial charge in [-0.05, 0) is 30.7 Å². The largest absolute Gasteiger partial charge is 0.353 e. The second kappa shape index (κ2) is 6.18. The Morgan fingerprint density at radius 2 is 2.10 bits per heavy atom. The summed E-state index contributed by atoms with van der Waals surface area (Å²) in [6, 6.07) is 4.25. The van der Waals surface area contributed by atoms with Gasteiger partial charge in [0.1, 0.15) is 0 Å². The van der Waals surface area contributed by atoms with Crippen LogP contribution in [-0.4, -0.2) is 29.8 Å². The van der Waals surface area contributed by atoms with Crippen LogP contribution in [0.2, 0.25) is 0 Å². The van der Waals surface area contributed by atoms with Crippen LogP contribution in [0.15, 0.2) is 17.5 Å². The quantitative estimate of drug-likeness (QED) is 0.933. The number of rotatable bonds is 3. The zero-order valence-corrected chi connectivity index (χ0v) is 13.2. The highest BCUT2D eigenvalue weighted by molar-refractivity contribution is 7.10. The predicted octanol–water partition coefficient (Wildman–Crippen LogP) is 2.72. The lowest BCUT2D eigenvalue weighted by atomic mass is 9.87. The van der Waals surface area contributed by atoms with Gasteiger partial charge in [-0.2, -0.15) is 0 Å². The van der Waals surface area contributed by atoms with Crippen LogP contribution in [0, 0.1) is 5.92 Å². The first-order valence-corrected chi connectivity index (χ1v) is 8.64. The summed E-state index contributed by atoms with van der Waals surface area (Å²) in [7, 11) is 1.82. The van der Waals surface area contributed by atoms with Gasteiger partial charge in [-0.15, -0.1) is 11.3 Å². The molecule has 1 saturated heterocycles. The maximum atomic E-state index is 12.7. The minimum atomic E-state index is -0.119. The number of nitrogens with zero attached hydrogens (tertiary/aromatic N) is 1. The first kappa shape index (κ1) is 14.6. The van der Waals surface area contributed by atoms with Gasteiger partial charge in [-0.1, -0.05) is 18.9 Å². The SMILES string of the molecule is CN1C(=O)CC[C@H](C(=O)NC2CCCC2)[C@@H]1c1cccs1. The molecule has 0 aromatic carbocycles. The number of likely N-dealkylation sites (tertiary alicyclic amines) is 1. The molecule has 21 heavy (non-hydrogen) atoms. The summed E-state index contributed by atoms with van der Waals surface area (Å²) in [5.74, 6) is 0.143. The van der Waals surface area contributed by atoms with Gasteiger partial charge in [-0.25, -0.2) is 0 Å². The second-order valence-electron chi connectivity index (χ2n) is 6.10. The molecule has 2 aliphatic rings. The fourth-order valence-electron chi connectivity index (χ4n) is 3.54. The Hall–Kier alpha value is -1.36. The van der Waals surface area contributed by atoms with Gasteiger partial charge in [0.15, 0.2) is 0 Å². The summed E-state index contributed by atoms with van der Waals surface area (Å²) in [6.07, 6.45) is 5.74. The topological polar surface area (TPSA) is 49.4 Å². The summed E-state index contributed by atoms with van der Waals surface area (Å²) < 4.78 is 0. The lowest BCUT2D eigenvalue weighted by Crippen LogP contribution is -2.47. The van der Waals surface area contributed by atoms with Crippen molar-refractivity contribution < 1.29 is 9.59 Å². The molecule has 0 bridgehead atoms. The van der Waals surface area contributed by atoms with E-state index in [0.29, 0.717) is 18.9 Å². The summed E-state index contributed by atoms with van der Waals surface area (Å²) in [4.78, 5) is 27.5. The van der Waals surface area contributed by atoms with E-state index in [0.717, 1.165) is 17.7 Å². The number of piperidine rings is 1. The molecule has 2 fully saturated rings. The normalized spacial score (nSPS) is 27.1. The Kier molecular flexibility index (Phi) is 4.29. The predicted molar refractivity (Wildman–Crippen MR) is 83.0 cm³/mol. The molecular formula is C16H22N2O2S. The summed E-state index contributed by atoms with van der Waals surface area (Å²) in [5, 5.41) is 5.21. The zero-order chi connectivity index (χ0) is 14.8. The summed E-state index contributed by atoms with van der Waals surface area (Å²) in [5.41, 5.74) is 0. The fourth-order valence-corrected chi connectivity index (χ4v) is 4.47. The number of amides is 2. The molecule has 114 valence electrons. The number of hydrogen-bond donors (Lipinski definition) is 1. The number of carbonyl (C=O) groups excluding carboxylic acids is 2. The molecule has 0 unspecified atom stereocenters. The molecule has 2 atom stereocenters. The van der Waals surface area contributed by atoms with Crippen molar-refractivity contribution in [1.82, 2.24) is 10.2 Å². The molecule has 1 N–H and O–H groups in total. The molecule has 2 heterocycles. The number of thiophene rings is 1. The number of nitrogens with one attached hydrogen (secondary N) is 1. The van der Waals surface area contributed by atoms with Crippen molar-refractivity contribution >= 4 is 23.2 Å². The monoisotopic (exact) mass is 306 g/mol. The Labute approximate surface area is 129 Å². The van der Waals surface area contributed by atoms with Gasteiger partial charge in [0.25, 0.3) is 0 Å². The molecular weight excluding hydrogens is 284 g/mol. The Morgan fingerprint density at radius 1 is 1.33 bits per heavy atom. The van der Waals surface area contributed by atoms with Gasteiger partial charge in [0, 0.05) is 24.4 Å². The third-order valence-electron chi connectivity index (χ3n) is 4.73. The molecule has 3 rings (SSSR count). The standard InChI is InChI=1S/C16H22N2O2S/c1-18-14(19)9-8-12(15(18)13-7-4-10-21-13)16(20)17-11-5-2-3-6-11/h4,7,10-12,15H,2-3,5-6,8-9H2,1H3,(H,17,20)/t12-,15+/m0/s1. The van der Waals surface area contributed by atoms with Crippen LogP contribution in [0.4, 0.5) is 0 Å². The van der Waals surface area contributed by atoms with Crippen LogP contribution in [0.5, 0.6) is 0 Å². The average Bonchev–Trinajstić information content (AvgIpc) is 3.14. The molecule has 1 aliphatic carbocycles. The third-order valence-corrected chi connectivity index (χ3v) is 5.68. The van der Waals surface area contributed by atoms with Gasteiger partial charge in [0.05, 0.1) is 12.0 Å². The van der Waals surface area contributed by atoms with Crippen molar-refractivity contribution in [3.63, 3.8) is 0 Å². The summed E-state index contributed by atoms with van der Waals surface area (Å²) >= 11 is 1.63. The van der Waals surface area contributed by atoms with Gasteiger partial charge >= 0.3 is 0 Å². The minimum absolute atomic E-state index is 0.104. The first-order valence-electron chi connectivity index (χ1n) is 7.76. The van der Waals surface area contributed by atoms with Crippen molar-refractivity contribution in [3.8, 4) is 0 Å². The van der Waals surface area contributed by atoms with Crippen molar-refractivity contribution in [2.75, 3.05) is 7.05 Å². The molecule has 0 spiro atoms. The minimum Gasteiger partial charge on any atom is -0.353 e. The Bertz CT molecular complexity index is 508. The fraction of sp³-hybridized carbons (Fsp3) is 0.625. The van der Waals surface area contributed by atoms with Crippen molar-refractivity contribution in [2.45, 2.75) is 50.6 Å². The van der Waals surface area contributed by atoms with Crippen molar-refractivity contribution in [1.29, 1.82) is 0 Å². The average molecular weight is 306 g/mol. The van der Waals surface area contributed by atoms with Crippen molar-refractivity contribution in [2.24, 2.45) is 5.92 Å². The van der Waals surface area contributed by atoms with E-state index >= 15 is 0 Å². The Balaban J connectivity index is 1.77. The molecule has 1 saturated carbocycles. The van der Waals surface area contributed by atoms with Gasteiger partial charge < -0.3 is 10.2 Å². The smallest absolute Gasteiger partial charge is 0.225 e. The van der Waals surface area contributed by atoms with E-state index in [9.17, 15) is 9.59 Å². The van der Waals surface area contributed by atoms with Crippen LogP contribution in [0.3, 0.4) is 0 Å². The maximum absolute atomic E-state index is 12.7. The first-order chi connectivity index (χ1) is 10.2. The van der Waals surface area contributed by atoms with Crippen LogP contribution >= 0.6 is 11.3 Å². The van der Waals surface area contributed by atoms with Crippen LogP contribution in [-0.2, 0) is 9.59 Å². The van der Waals surface area contributed by atoms with Gasteiger partial charge in [0.2, 0.25) is 11.8 Å². The van der Waals surface area contributed by atoms with Crippen LogP contribution < -0.4 is 5.32 Å². The molecule has 0 radical (unpaired) electrons. The third kappa shape index (κ3) is 2.98.